The molecule has 5 nitrogen and oxygen atoms in total. The summed E-state index contributed by atoms with van der Waals surface area (Å²) in [6.45, 7) is 3.98. The number of aliphatic hydroxyl groups is 1. The van der Waals surface area contributed by atoms with Gasteiger partial charge in [0.05, 0.1) is 27.9 Å². The maximum atomic E-state index is 10.7. The first kappa shape index (κ1) is 14.0. The lowest BCUT2D eigenvalue weighted by molar-refractivity contribution is 0.205. The summed E-state index contributed by atoms with van der Waals surface area (Å²) < 4.78 is 1.73. The predicted octanol–water partition coefficient (Wildman–Crippen LogP) is 3.14. The van der Waals surface area contributed by atoms with E-state index in [4.69, 9.17) is 11.6 Å². The van der Waals surface area contributed by atoms with Crippen LogP contribution in [0.5, 0.6) is 0 Å². The lowest BCUT2D eigenvalue weighted by atomic mass is 10.1. The number of hydrogen-bond acceptors (Lipinski definition) is 4. The van der Waals surface area contributed by atoms with E-state index in [2.05, 4.69) is 15.1 Å². The quantitative estimate of drug-likeness (QED) is 0.807. The first-order valence-corrected chi connectivity index (χ1v) is 7.07. The fourth-order valence-corrected chi connectivity index (χ4v) is 2.56. The number of aliphatic hydroxyl groups excluding tert-OH is 1. The van der Waals surface area contributed by atoms with Crippen molar-refractivity contribution >= 4 is 22.6 Å². The third-order valence-electron chi connectivity index (χ3n) is 3.34. The van der Waals surface area contributed by atoms with Gasteiger partial charge in [-0.2, -0.15) is 5.10 Å². The fraction of sp³-hybridized carbons (Fsp3) is 0.267. The molecule has 0 bridgehead atoms. The first-order chi connectivity index (χ1) is 10.1. The van der Waals surface area contributed by atoms with Gasteiger partial charge in [0.15, 0.2) is 0 Å². The molecule has 0 amide bonds. The van der Waals surface area contributed by atoms with E-state index in [0.29, 0.717) is 16.3 Å². The van der Waals surface area contributed by atoms with Gasteiger partial charge in [-0.1, -0.05) is 17.7 Å². The molecule has 2 aromatic heterocycles. The Bertz CT molecular complexity index is 784. The molecule has 2 heterocycles. The average Bonchev–Trinajstić information content (AvgIpc) is 2.88. The van der Waals surface area contributed by atoms with Gasteiger partial charge in [0.1, 0.15) is 6.10 Å². The minimum Gasteiger partial charge on any atom is -0.382 e. The highest BCUT2D eigenvalue weighted by molar-refractivity contribution is 6.31. The van der Waals surface area contributed by atoms with Crippen LogP contribution < -0.4 is 0 Å². The van der Waals surface area contributed by atoms with Crippen molar-refractivity contribution in [1.29, 1.82) is 0 Å². The van der Waals surface area contributed by atoms with Gasteiger partial charge in [0, 0.05) is 18.4 Å². The molecule has 1 atom stereocenters. The number of hydrogen-bond donors (Lipinski definition) is 1. The molecule has 0 saturated carbocycles. The van der Waals surface area contributed by atoms with E-state index in [1.165, 1.54) is 0 Å². The Morgan fingerprint density at radius 1 is 1.14 bits per heavy atom. The summed E-state index contributed by atoms with van der Waals surface area (Å²) in [7, 11) is 0. The van der Waals surface area contributed by atoms with Crippen molar-refractivity contribution in [2.45, 2.75) is 26.0 Å². The Kier molecular flexibility index (Phi) is 3.61. The number of halogens is 1. The third kappa shape index (κ3) is 2.50. The highest BCUT2D eigenvalue weighted by Gasteiger charge is 2.21. The molecule has 0 saturated heterocycles. The van der Waals surface area contributed by atoms with Gasteiger partial charge in [0.25, 0.3) is 0 Å². The summed E-state index contributed by atoms with van der Waals surface area (Å²) in [5.41, 5.74) is 2.83. The number of aromatic nitrogens is 4. The Morgan fingerprint density at radius 2 is 1.86 bits per heavy atom. The van der Waals surface area contributed by atoms with Crippen molar-refractivity contribution in [3.8, 4) is 0 Å². The van der Waals surface area contributed by atoms with Gasteiger partial charge in [-0.3, -0.25) is 14.6 Å². The van der Waals surface area contributed by atoms with E-state index >= 15 is 0 Å². The molecule has 1 aromatic carbocycles. The average molecular weight is 303 g/mol. The molecule has 0 spiro atoms. The van der Waals surface area contributed by atoms with Crippen molar-refractivity contribution in [2.75, 3.05) is 0 Å². The smallest absolute Gasteiger partial charge is 0.122 e. The summed E-state index contributed by atoms with van der Waals surface area (Å²) in [6.07, 6.45) is 3.97. The SMILES string of the molecule is CC(C)n1ncc(Cl)c1C(O)c1ccc2nccnc2c1. The van der Waals surface area contributed by atoms with Crippen LogP contribution in [-0.4, -0.2) is 24.9 Å². The Balaban J connectivity index is 2.08. The second kappa shape index (κ2) is 5.42. The summed E-state index contributed by atoms with van der Waals surface area (Å²) in [4.78, 5) is 8.48. The van der Waals surface area contributed by atoms with Crippen LogP contribution in [0.15, 0.2) is 36.8 Å². The zero-order valence-corrected chi connectivity index (χ0v) is 12.5. The molecule has 3 rings (SSSR count). The van der Waals surface area contributed by atoms with Crippen molar-refractivity contribution in [3.63, 3.8) is 0 Å². The minimum absolute atomic E-state index is 0.113. The van der Waals surface area contributed by atoms with Crippen LogP contribution in [0, 0.1) is 0 Å². The summed E-state index contributed by atoms with van der Waals surface area (Å²) in [5.74, 6) is 0. The van der Waals surface area contributed by atoms with Gasteiger partial charge in [-0.15, -0.1) is 0 Å². The van der Waals surface area contributed by atoms with Crippen molar-refractivity contribution in [1.82, 2.24) is 19.7 Å². The van der Waals surface area contributed by atoms with Gasteiger partial charge in [-0.25, -0.2) is 0 Å². The van der Waals surface area contributed by atoms with Crippen LogP contribution in [0.25, 0.3) is 11.0 Å². The fourth-order valence-electron chi connectivity index (χ4n) is 2.33. The molecule has 3 aromatic rings. The molecule has 0 fully saturated rings. The largest absolute Gasteiger partial charge is 0.382 e. The first-order valence-electron chi connectivity index (χ1n) is 6.69. The predicted molar refractivity (Wildman–Crippen MR) is 81.2 cm³/mol. The van der Waals surface area contributed by atoms with Gasteiger partial charge < -0.3 is 5.11 Å². The number of fused-ring (bicyclic) bond motifs is 1. The summed E-state index contributed by atoms with van der Waals surface area (Å²) >= 11 is 6.18. The van der Waals surface area contributed by atoms with Crippen LogP contribution in [0.3, 0.4) is 0 Å². The number of nitrogens with zero attached hydrogens (tertiary/aromatic N) is 4. The summed E-state index contributed by atoms with van der Waals surface area (Å²) in [6, 6.07) is 5.60. The van der Waals surface area contributed by atoms with Gasteiger partial charge >= 0.3 is 0 Å². The Hall–Kier alpha value is -1.98. The normalized spacial score (nSPS) is 13.0. The van der Waals surface area contributed by atoms with Crippen LogP contribution in [0.4, 0.5) is 0 Å². The van der Waals surface area contributed by atoms with E-state index in [1.54, 1.807) is 23.3 Å². The highest BCUT2D eigenvalue weighted by Crippen LogP contribution is 2.30. The monoisotopic (exact) mass is 302 g/mol. The second-order valence-corrected chi connectivity index (χ2v) is 5.53. The molecule has 1 unspecified atom stereocenters. The minimum atomic E-state index is -0.853. The Labute approximate surface area is 127 Å². The number of benzene rings is 1. The molecule has 0 aliphatic carbocycles. The van der Waals surface area contributed by atoms with Crippen LogP contribution >= 0.6 is 11.6 Å². The summed E-state index contributed by atoms with van der Waals surface area (Å²) in [5, 5.41) is 15.3. The van der Waals surface area contributed by atoms with E-state index in [-0.39, 0.29) is 6.04 Å². The van der Waals surface area contributed by atoms with Crippen LogP contribution in [-0.2, 0) is 0 Å². The molecule has 0 radical (unpaired) electrons. The molecule has 1 N–H and O–H groups in total. The van der Waals surface area contributed by atoms with E-state index in [0.717, 1.165) is 11.0 Å². The van der Waals surface area contributed by atoms with Gasteiger partial charge in [0.2, 0.25) is 0 Å². The second-order valence-electron chi connectivity index (χ2n) is 5.12. The Morgan fingerprint density at radius 3 is 2.57 bits per heavy atom. The van der Waals surface area contributed by atoms with Crippen molar-refractivity contribution < 1.29 is 5.11 Å². The zero-order chi connectivity index (χ0) is 15.0. The van der Waals surface area contributed by atoms with Crippen LogP contribution in [0.2, 0.25) is 5.02 Å². The lowest BCUT2D eigenvalue weighted by Crippen LogP contribution is -2.12. The molecular weight excluding hydrogens is 288 g/mol. The van der Waals surface area contributed by atoms with E-state index in [9.17, 15) is 5.11 Å². The highest BCUT2D eigenvalue weighted by atomic mass is 35.5. The molecule has 0 aliphatic rings. The molecular formula is C15H15ClN4O. The van der Waals surface area contributed by atoms with Gasteiger partial charge in [-0.05, 0) is 31.5 Å². The standard InChI is InChI=1S/C15H15ClN4O/c1-9(2)20-14(11(16)8-19-20)15(21)10-3-4-12-13(7-10)18-6-5-17-12/h3-9,15,21H,1-2H3. The van der Waals surface area contributed by atoms with Crippen LogP contribution in [0.1, 0.15) is 37.3 Å². The topological polar surface area (TPSA) is 63.8 Å². The van der Waals surface area contributed by atoms with Crippen molar-refractivity contribution in [2.24, 2.45) is 0 Å². The zero-order valence-electron chi connectivity index (χ0n) is 11.7. The maximum absolute atomic E-state index is 10.7. The molecule has 21 heavy (non-hydrogen) atoms. The van der Waals surface area contributed by atoms with Crippen molar-refractivity contribution in [3.05, 3.63) is 53.1 Å². The molecule has 0 aliphatic heterocycles. The van der Waals surface area contributed by atoms with E-state index in [1.807, 2.05) is 32.0 Å². The van der Waals surface area contributed by atoms with E-state index < -0.39 is 6.10 Å². The third-order valence-corrected chi connectivity index (χ3v) is 3.64. The maximum Gasteiger partial charge on any atom is 0.122 e. The molecule has 6 heteroatoms. The number of rotatable bonds is 3. The molecule has 108 valence electrons. The lowest BCUT2D eigenvalue weighted by Gasteiger charge is -2.17.